The summed E-state index contributed by atoms with van der Waals surface area (Å²) < 4.78 is 0. The van der Waals surface area contributed by atoms with Crippen molar-refractivity contribution < 1.29 is 20.4 Å². The number of rotatable bonds is 5. The van der Waals surface area contributed by atoms with E-state index in [2.05, 4.69) is 6.58 Å². The third-order valence-electron chi connectivity index (χ3n) is 3.75. The van der Waals surface area contributed by atoms with Crippen molar-refractivity contribution in [3.8, 4) is 23.0 Å². The molecule has 22 heavy (non-hydrogen) atoms. The fourth-order valence-corrected chi connectivity index (χ4v) is 2.31. The van der Waals surface area contributed by atoms with Crippen molar-refractivity contribution in [1.29, 1.82) is 0 Å². The quantitative estimate of drug-likeness (QED) is 0.503. The zero-order valence-corrected chi connectivity index (χ0v) is 12.5. The predicted molar refractivity (Wildman–Crippen MR) is 85.3 cm³/mol. The number of hydrogen-bond acceptors (Lipinski definition) is 4. The molecule has 4 heteroatoms. The minimum Gasteiger partial charge on any atom is -0.504 e. The Balaban J connectivity index is 2.02. The Morgan fingerprint density at radius 2 is 1.36 bits per heavy atom. The Kier molecular flexibility index (Phi) is 4.61. The predicted octanol–water partition coefficient (Wildman–Crippen LogP) is 3.49. The summed E-state index contributed by atoms with van der Waals surface area (Å²) in [5, 5.41) is 37.7. The van der Waals surface area contributed by atoms with Gasteiger partial charge < -0.3 is 20.4 Å². The molecular formula is C18H20O4. The topological polar surface area (TPSA) is 80.9 Å². The third kappa shape index (κ3) is 3.73. The first-order chi connectivity index (χ1) is 10.4. The van der Waals surface area contributed by atoms with Crippen LogP contribution in [0.3, 0.4) is 0 Å². The summed E-state index contributed by atoms with van der Waals surface area (Å²) in [5.74, 6) is -0.364. The van der Waals surface area contributed by atoms with Crippen LogP contribution in [0.15, 0.2) is 48.6 Å². The molecule has 0 fully saturated rings. The molecule has 0 saturated heterocycles. The smallest absolute Gasteiger partial charge is 0.157 e. The molecule has 0 aliphatic heterocycles. The molecule has 0 aromatic heterocycles. The molecule has 0 bridgehead atoms. The van der Waals surface area contributed by atoms with Crippen molar-refractivity contribution in [2.24, 2.45) is 5.92 Å². The third-order valence-corrected chi connectivity index (χ3v) is 3.75. The van der Waals surface area contributed by atoms with Crippen molar-refractivity contribution in [2.45, 2.75) is 19.8 Å². The molecule has 0 radical (unpaired) electrons. The van der Waals surface area contributed by atoms with E-state index >= 15 is 0 Å². The lowest BCUT2D eigenvalue weighted by Gasteiger charge is -2.16. The fraction of sp³-hybridized carbons (Fsp3) is 0.222. The first kappa shape index (κ1) is 15.8. The molecule has 0 amide bonds. The lowest BCUT2D eigenvalue weighted by Crippen LogP contribution is -2.05. The van der Waals surface area contributed by atoms with Crippen molar-refractivity contribution in [3.05, 3.63) is 59.7 Å². The van der Waals surface area contributed by atoms with Crippen LogP contribution in [0.2, 0.25) is 0 Å². The Hall–Kier alpha value is -2.62. The number of aromatic hydroxyl groups is 4. The molecule has 2 aromatic carbocycles. The Bertz CT molecular complexity index is 691. The summed E-state index contributed by atoms with van der Waals surface area (Å²) in [4.78, 5) is 0. The summed E-state index contributed by atoms with van der Waals surface area (Å²) in [6.07, 6.45) is 1.29. The van der Waals surface area contributed by atoms with Crippen molar-refractivity contribution in [2.75, 3.05) is 0 Å². The van der Waals surface area contributed by atoms with E-state index in [0.717, 1.165) is 16.7 Å². The highest BCUT2D eigenvalue weighted by atomic mass is 16.3. The van der Waals surface area contributed by atoms with Gasteiger partial charge in [0.25, 0.3) is 0 Å². The van der Waals surface area contributed by atoms with Gasteiger partial charge in [0.2, 0.25) is 0 Å². The van der Waals surface area contributed by atoms with Crippen LogP contribution in [0.5, 0.6) is 23.0 Å². The van der Waals surface area contributed by atoms with Gasteiger partial charge in [0.1, 0.15) is 0 Å². The van der Waals surface area contributed by atoms with Crippen LogP contribution in [0.25, 0.3) is 0 Å². The number of benzene rings is 2. The molecule has 1 atom stereocenters. The van der Waals surface area contributed by atoms with E-state index in [1.54, 1.807) is 18.2 Å². The maximum Gasteiger partial charge on any atom is 0.157 e. The highest BCUT2D eigenvalue weighted by Crippen LogP contribution is 2.29. The van der Waals surface area contributed by atoms with E-state index in [9.17, 15) is 20.4 Å². The second kappa shape index (κ2) is 6.43. The second-order valence-corrected chi connectivity index (χ2v) is 5.59. The molecule has 116 valence electrons. The summed E-state index contributed by atoms with van der Waals surface area (Å²) >= 11 is 0. The minimum absolute atomic E-state index is 0.126. The average molecular weight is 300 g/mol. The van der Waals surface area contributed by atoms with Crippen molar-refractivity contribution in [1.82, 2.24) is 0 Å². The maximum absolute atomic E-state index is 9.52. The molecule has 0 saturated carbocycles. The van der Waals surface area contributed by atoms with Gasteiger partial charge in [0, 0.05) is 0 Å². The summed E-state index contributed by atoms with van der Waals surface area (Å²) in [6, 6.07) is 9.52. The first-order valence-electron chi connectivity index (χ1n) is 7.06. The van der Waals surface area contributed by atoms with Gasteiger partial charge in [-0.25, -0.2) is 0 Å². The standard InChI is InChI=1S/C18H20O4/c1-11(7-13-3-5-15(19)17(21)9-13)12(2)8-14-4-6-16(20)18(22)10-14/h3-6,9-10,12,19-22H,1,7-8H2,2H3/t12-/m1/s1. The van der Waals surface area contributed by atoms with Crippen LogP contribution in [0.4, 0.5) is 0 Å². The molecule has 0 aliphatic rings. The number of hydrogen-bond donors (Lipinski definition) is 4. The molecule has 0 aliphatic carbocycles. The molecule has 4 N–H and O–H groups in total. The highest BCUT2D eigenvalue weighted by molar-refractivity contribution is 5.42. The fourth-order valence-electron chi connectivity index (χ4n) is 2.31. The minimum atomic E-state index is -0.138. The summed E-state index contributed by atoms with van der Waals surface area (Å²) in [6.45, 7) is 6.12. The van der Waals surface area contributed by atoms with Gasteiger partial charge in [-0.3, -0.25) is 0 Å². The molecule has 0 unspecified atom stereocenters. The van der Waals surface area contributed by atoms with Gasteiger partial charge in [0.15, 0.2) is 23.0 Å². The van der Waals surface area contributed by atoms with E-state index < -0.39 is 0 Å². The normalized spacial score (nSPS) is 12.0. The number of phenols is 4. The van der Waals surface area contributed by atoms with Crippen LogP contribution in [-0.2, 0) is 12.8 Å². The summed E-state index contributed by atoms with van der Waals surface area (Å²) in [7, 11) is 0. The lowest BCUT2D eigenvalue weighted by atomic mass is 9.90. The zero-order chi connectivity index (χ0) is 16.3. The largest absolute Gasteiger partial charge is 0.504 e. The van der Waals surface area contributed by atoms with Crippen LogP contribution >= 0.6 is 0 Å². The summed E-state index contributed by atoms with van der Waals surface area (Å²) in [5.41, 5.74) is 2.77. The van der Waals surface area contributed by atoms with E-state index in [0.29, 0.717) is 12.8 Å². The van der Waals surface area contributed by atoms with Gasteiger partial charge in [-0.1, -0.05) is 31.2 Å². The van der Waals surface area contributed by atoms with E-state index in [1.165, 1.54) is 18.2 Å². The molecular weight excluding hydrogens is 280 g/mol. The Labute approximate surface area is 129 Å². The van der Waals surface area contributed by atoms with Gasteiger partial charge in [-0.05, 0) is 54.2 Å². The monoisotopic (exact) mass is 300 g/mol. The molecule has 4 nitrogen and oxygen atoms in total. The van der Waals surface area contributed by atoms with Crippen LogP contribution in [0, 0.1) is 5.92 Å². The Morgan fingerprint density at radius 3 is 1.91 bits per heavy atom. The average Bonchev–Trinajstić information content (AvgIpc) is 2.46. The molecule has 2 rings (SSSR count). The molecule has 2 aromatic rings. The van der Waals surface area contributed by atoms with E-state index in [4.69, 9.17) is 0 Å². The first-order valence-corrected chi connectivity index (χ1v) is 7.06. The molecule has 0 spiro atoms. The lowest BCUT2D eigenvalue weighted by molar-refractivity contribution is 0.402. The highest BCUT2D eigenvalue weighted by Gasteiger charge is 2.11. The van der Waals surface area contributed by atoms with Crippen molar-refractivity contribution in [3.63, 3.8) is 0 Å². The zero-order valence-electron chi connectivity index (χ0n) is 12.5. The van der Waals surface area contributed by atoms with E-state index in [-0.39, 0.29) is 28.9 Å². The van der Waals surface area contributed by atoms with Crippen LogP contribution in [-0.4, -0.2) is 20.4 Å². The van der Waals surface area contributed by atoms with Gasteiger partial charge in [0.05, 0.1) is 0 Å². The SMILES string of the molecule is C=C(Cc1ccc(O)c(O)c1)[C@H](C)Cc1ccc(O)c(O)c1. The van der Waals surface area contributed by atoms with Gasteiger partial charge in [-0.15, -0.1) is 0 Å². The van der Waals surface area contributed by atoms with Gasteiger partial charge >= 0.3 is 0 Å². The maximum atomic E-state index is 9.52. The van der Waals surface area contributed by atoms with Crippen LogP contribution < -0.4 is 0 Å². The van der Waals surface area contributed by atoms with Crippen molar-refractivity contribution >= 4 is 0 Å². The number of allylic oxidation sites excluding steroid dienone is 1. The number of phenolic OH excluding ortho intramolecular Hbond substituents is 4. The van der Waals surface area contributed by atoms with E-state index in [1.807, 2.05) is 6.92 Å². The molecule has 0 heterocycles. The van der Waals surface area contributed by atoms with Gasteiger partial charge in [-0.2, -0.15) is 0 Å². The Morgan fingerprint density at radius 1 is 0.864 bits per heavy atom. The second-order valence-electron chi connectivity index (χ2n) is 5.59. The van der Waals surface area contributed by atoms with Crippen LogP contribution in [0.1, 0.15) is 18.1 Å².